The van der Waals surface area contributed by atoms with Crippen LogP contribution in [0.5, 0.6) is 0 Å². The molecule has 0 bridgehead atoms. The molecule has 2 aromatic rings. The molecule has 3 rings (SSSR count). The summed E-state index contributed by atoms with van der Waals surface area (Å²) in [6, 6.07) is 8.58. The van der Waals surface area contributed by atoms with Crippen LogP contribution in [0.25, 0.3) is 11.0 Å². The molecule has 1 aromatic heterocycles. The Balaban J connectivity index is 2.11. The van der Waals surface area contributed by atoms with Gasteiger partial charge in [-0.15, -0.1) is 0 Å². The Hall–Kier alpha value is -2.36. The van der Waals surface area contributed by atoms with Crippen molar-refractivity contribution < 1.29 is 13.9 Å². The molecule has 1 atom stereocenters. The molecular formula is C14H10O4. The molecule has 1 fully saturated rings. The van der Waals surface area contributed by atoms with E-state index in [4.69, 9.17) is 9.15 Å². The molecule has 0 amide bonds. The molecule has 0 saturated carbocycles. The Bertz CT molecular complexity index is 711. The number of fused-ring (bicyclic) bond motifs is 1. The van der Waals surface area contributed by atoms with Gasteiger partial charge in [-0.25, -0.2) is 9.59 Å². The summed E-state index contributed by atoms with van der Waals surface area (Å²) in [6.45, 7) is 4.02. The third kappa shape index (κ3) is 1.62. The molecule has 2 heterocycles. The topological polar surface area (TPSA) is 56.5 Å². The third-order valence-corrected chi connectivity index (χ3v) is 3.11. The quantitative estimate of drug-likeness (QED) is 0.436. The number of cyclic esters (lactones) is 1. The maximum Gasteiger partial charge on any atom is 0.336 e. The largest absolute Gasteiger partial charge is 0.461 e. The van der Waals surface area contributed by atoms with Crippen LogP contribution in [0.3, 0.4) is 0 Å². The maximum atomic E-state index is 11.3. The van der Waals surface area contributed by atoms with E-state index in [1.54, 1.807) is 12.1 Å². The second-order valence-electron chi connectivity index (χ2n) is 4.23. The van der Waals surface area contributed by atoms with Crippen LogP contribution in [0.1, 0.15) is 11.5 Å². The molecule has 90 valence electrons. The summed E-state index contributed by atoms with van der Waals surface area (Å²) in [5, 5.41) is 0.842. The highest BCUT2D eigenvalue weighted by molar-refractivity contribution is 5.92. The summed E-state index contributed by atoms with van der Waals surface area (Å²) >= 11 is 0. The van der Waals surface area contributed by atoms with Crippen LogP contribution in [0.4, 0.5) is 0 Å². The summed E-state index contributed by atoms with van der Waals surface area (Å²) in [4.78, 5) is 22.4. The first-order valence-corrected chi connectivity index (χ1v) is 5.55. The van der Waals surface area contributed by atoms with Crippen LogP contribution < -0.4 is 5.63 Å². The number of carbonyl (C=O) groups is 1. The number of hydrogen-bond acceptors (Lipinski definition) is 4. The van der Waals surface area contributed by atoms with Gasteiger partial charge in [0.2, 0.25) is 0 Å². The van der Waals surface area contributed by atoms with Crippen molar-refractivity contribution in [1.82, 2.24) is 0 Å². The fraction of sp³-hybridized carbons (Fsp3) is 0.143. The number of rotatable bonds is 1. The molecule has 0 aliphatic carbocycles. The highest BCUT2D eigenvalue weighted by Gasteiger charge is 2.30. The zero-order valence-corrected chi connectivity index (χ0v) is 9.51. The van der Waals surface area contributed by atoms with E-state index in [2.05, 4.69) is 6.58 Å². The van der Waals surface area contributed by atoms with Gasteiger partial charge < -0.3 is 9.15 Å². The lowest BCUT2D eigenvalue weighted by atomic mass is 9.94. The summed E-state index contributed by atoms with van der Waals surface area (Å²) in [6.07, 6.45) is 0. The predicted octanol–water partition coefficient (Wildman–Crippen LogP) is 1.99. The van der Waals surface area contributed by atoms with Gasteiger partial charge in [-0.2, -0.15) is 0 Å². The van der Waals surface area contributed by atoms with Crippen molar-refractivity contribution in [3.63, 3.8) is 0 Å². The molecule has 0 spiro atoms. The maximum absolute atomic E-state index is 11.3. The van der Waals surface area contributed by atoms with Crippen molar-refractivity contribution >= 4 is 16.9 Å². The van der Waals surface area contributed by atoms with E-state index in [0.29, 0.717) is 17.8 Å². The average Bonchev–Trinajstić information content (AvgIpc) is 2.69. The fourth-order valence-corrected chi connectivity index (χ4v) is 2.09. The Morgan fingerprint density at radius 2 is 1.94 bits per heavy atom. The van der Waals surface area contributed by atoms with Crippen LogP contribution in [0.15, 0.2) is 51.7 Å². The van der Waals surface area contributed by atoms with E-state index in [1.807, 2.05) is 12.1 Å². The molecule has 0 radical (unpaired) electrons. The zero-order chi connectivity index (χ0) is 12.7. The molecule has 1 aliphatic heterocycles. The van der Waals surface area contributed by atoms with Gasteiger partial charge in [-0.1, -0.05) is 18.7 Å². The van der Waals surface area contributed by atoms with Crippen LogP contribution >= 0.6 is 0 Å². The van der Waals surface area contributed by atoms with E-state index in [9.17, 15) is 9.59 Å². The van der Waals surface area contributed by atoms with Crippen LogP contribution in [0.2, 0.25) is 0 Å². The second kappa shape index (κ2) is 3.84. The third-order valence-electron chi connectivity index (χ3n) is 3.11. The van der Waals surface area contributed by atoms with Gasteiger partial charge in [0.25, 0.3) is 0 Å². The van der Waals surface area contributed by atoms with Gasteiger partial charge in [-0.3, -0.25) is 0 Å². The molecule has 1 aromatic carbocycles. The minimum Gasteiger partial charge on any atom is -0.461 e. The summed E-state index contributed by atoms with van der Waals surface area (Å²) in [5.74, 6) is -0.526. The molecule has 0 N–H and O–H groups in total. The fourth-order valence-electron chi connectivity index (χ4n) is 2.09. The molecule has 1 unspecified atom stereocenters. The van der Waals surface area contributed by atoms with Crippen molar-refractivity contribution in [3.05, 3.63) is 58.5 Å². The van der Waals surface area contributed by atoms with E-state index in [0.717, 1.165) is 10.9 Å². The van der Waals surface area contributed by atoms with Gasteiger partial charge in [0.05, 0.1) is 0 Å². The molecule has 1 saturated heterocycles. The predicted molar refractivity (Wildman–Crippen MR) is 65.3 cm³/mol. The number of carbonyl (C=O) groups excluding carboxylic acids is 1. The van der Waals surface area contributed by atoms with Gasteiger partial charge >= 0.3 is 11.6 Å². The van der Waals surface area contributed by atoms with Crippen molar-refractivity contribution in [3.8, 4) is 0 Å². The molecular weight excluding hydrogens is 232 g/mol. The first-order chi connectivity index (χ1) is 8.65. The second-order valence-corrected chi connectivity index (χ2v) is 4.23. The van der Waals surface area contributed by atoms with Crippen LogP contribution in [-0.4, -0.2) is 12.6 Å². The van der Waals surface area contributed by atoms with Crippen LogP contribution in [0, 0.1) is 0 Å². The number of esters is 1. The number of hydrogen-bond donors (Lipinski definition) is 0. The van der Waals surface area contributed by atoms with E-state index in [1.165, 1.54) is 6.07 Å². The zero-order valence-electron chi connectivity index (χ0n) is 9.51. The smallest absolute Gasteiger partial charge is 0.336 e. The number of ether oxygens (including phenoxy) is 1. The van der Waals surface area contributed by atoms with Crippen molar-refractivity contribution in [2.45, 2.75) is 5.92 Å². The lowest BCUT2D eigenvalue weighted by molar-refractivity contribution is -0.135. The highest BCUT2D eigenvalue weighted by atomic mass is 16.5. The summed E-state index contributed by atoms with van der Waals surface area (Å²) < 4.78 is 10.1. The molecule has 4 heteroatoms. The van der Waals surface area contributed by atoms with E-state index in [-0.39, 0.29) is 11.9 Å². The van der Waals surface area contributed by atoms with Gasteiger partial charge in [0, 0.05) is 22.9 Å². The molecule has 4 nitrogen and oxygen atoms in total. The minimum absolute atomic E-state index is 0.160. The molecule has 18 heavy (non-hydrogen) atoms. The van der Waals surface area contributed by atoms with Gasteiger partial charge in [0.1, 0.15) is 12.2 Å². The first kappa shape index (κ1) is 10.8. The van der Waals surface area contributed by atoms with Crippen molar-refractivity contribution in [2.24, 2.45) is 0 Å². The Morgan fingerprint density at radius 3 is 2.67 bits per heavy atom. The summed E-state index contributed by atoms with van der Waals surface area (Å²) in [7, 11) is 0. The Labute approximate surface area is 102 Å². The van der Waals surface area contributed by atoms with Crippen LogP contribution in [-0.2, 0) is 9.53 Å². The highest BCUT2D eigenvalue weighted by Crippen LogP contribution is 2.31. The summed E-state index contributed by atoms with van der Waals surface area (Å²) in [5.41, 5.74) is 1.42. The average molecular weight is 242 g/mol. The van der Waals surface area contributed by atoms with E-state index < -0.39 is 5.63 Å². The lowest BCUT2D eigenvalue weighted by Gasteiger charge is -2.08. The van der Waals surface area contributed by atoms with E-state index >= 15 is 0 Å². The van der Waals surface area contributed by atoms with Gasteiger partial charge in [0.15, 0.2) is 0 Å². The van der Waals surface area contributed by atoms with Crippen molar-refractivity contribution in [2.75, 3.05) is 6.61 Å². The Kier molecular flexibility index (Phi) is 2.30. The molecule has 1 aliphatic rings. The van der Waals surface area contributed by atoms with Crippen molar-refractivity contribution in [1.29, 1.82) is 0 Å². The monoisotopic (exact) mass is 242 g/mol. The Morgan fingerprint density at radius 1 is 1.17 bits per heavy atom. The first-order valence-electron chi connectivity index (χ1n) is 5.55. The minimum atomic E-state index is -0.391. The standard InChI is InChI=1S/C14H10O4/c1-8-11(7-17-14(8)16)10-3-2-9-4-5-13(15)18-12(9)6-10/h2-6,11H,1,7H2. The SMILES string of the molecule is C=C1C(=O)OCC1c1ccc2ccc(=O)oc2c1. The number of benzene rings is 1. The lowest BCUT2D eigenvalue weighted by Crippen LogP contribution is -2.01. The normalized spacial score (nSPS) is 19.2. The van der Waals surface area contributed by atoms with Gasteiger partial charge in [-0.05, 0) is 17.7 Å².